The van der Waals surface area contributed by atoms with Gasteiger partial charge >= 0.3 is 0 Å². The molecular formula is C12H14O. The Morgan fingerprint density at radius 2 is 2.08 bits per heavy atom. The fourth-order valence-electron chi connectivity index (χ4n) is 1.77. The Kier molecular flexibility index (Phi) is 2.19. The number of benzene rings is 1. The second kappa shape index (κ2) is 3.35. The van der Waals surface area contributed by atoms with Gasteiger partial charge in [-0.2, -0.15) is 0 Å². The smallest absolute Gasteiger partial charge is 0.0824 e. The van der Waals surface area contributed by atoms with Crippen molar-refractivity contribution in [2.75, 3.05) is 0 Å². The summed E-state index contributed by atoms with van der Waals surface area (Å²) in [6.07, 6.45) is 2.72. The van der Waals surface area contributed by atoms with Gasteiger partial charge < -0.3 is 5.11 Å². The van der Waals surface area contributed by atoms with Crippen LogP contribution >= 0.6 is 0 Å². The first-order valence-electron chi connectivity index (χ1n) is 4.68. The van der Waals surface area contributed by atoms with E-state index in [1.807, 2.05) is 36.4 Å². The molecule has 0 unspecified atom stereocenters. The van der Waals surface area contributed by atoms with E-state index in [0.717, 1.165) is 12.0 Å². The van der Waals surface area contributed by atoms with E-state index in [1.165, 1.54) is 0 Å². The predicted octanol–water partition coefficient (Wildman–Crippen LogP) is 2.54. The van der Waals surface area contributed by atoms with Crippen molar-refractivity contribution in [3.63, 3.8) is 0 Å². The summed E-state index contributed by atoms with van der Waals surface area (Å²) in [7, 11) is 0. The highest BCUT2D eigenvalue weighted by Crippen LogP contribution is 2.47. The zero-order valence-corrected chi connectivity index (χ0v) is 7.56. The molecule has 1 aliphatic carbocycles. The molecule has 1 nitrogen and oxygen atoms in total. The molecule has 0 aliphatic heterocycles. The molecule has 0 aromatic heterocycles. The molecule has 3 atom stereocenters. The minimum Gasteiger partial charge on any atom is -0.388 e. The second-order valence-electron chi connectivity index (χ2n) is 3.65. The Bertz CT molecular complexity index is 291. The molecule has 0 amide bonds. The van der Waals surface area contributed by atoms with E-state index in [1.54, 1.807) is 0 Å². The zero-order valence-electron chi connectivity index (χ0n) is 7.56. The van der Waals surface area contributed by atoms with E-state index in [2.05, 4.69) is 6.58 Å². The summed E-state index contributed by atoms with van der Waals surface area (Å²) >= 11 is 0. The number of allylic oxidation sites excluding steroid dienone is 1. The number of hydrogen-bond acceptors (Lipinski definition) is 1. The van der Waals surface area contributed by atoms with Crippen LogP contribution in [0.15, 0.2) is 43.0 Å². The maximum atomic E-state index is 9.91. The molecule has 13 heavy (non-hydrogen) atoms. The number of aliphatic hydroxyl groups is 1. The summed E-state index contributed by atoms with van der Waals surface area (Å²) in [4.78, 5) is 0. The molecule has 0 saturated heterocycles. The Morgan fingerprint density at radius 1 is 1.38 bits per heavy atom. The molecule has 1 fully saturated rings. The first-order chi connectivity index (χ1) is 6.33. The van der Waals surface area contributed by atoms with E-state index >= 15 is 0 Å². The van der Waals surface area contributed by atoms with Crippen LogP contribution in [0.5, 0.6) is 0 Å². The van der Waals surface area contributed by atoms with Crippen LogP contribution in [0.3, 0.4) is 0 Å². The molecular weight excluding hydrogens is 160 g/mol. The van der Waals surface area contributed by atoms with Gasteiger partial charge in [-0.25, -0.2) is 0 Å². The Labute approximate surface area is 78.7 Å². The summed E-state index contributed by atoms with van der Waals surface area (Å²) in [5, 5.41) is 9.91. The average molecular weight is 174 g/mol. The summed E-state index contributed by atoms with van der Waals surface area (Å²) < 4.78 is 0. The monoisotopic (exact) mass is 174 g/mol. The van der Waals surface area contributed by atoms with Crippen molar-refractivity contribution < 1.29 is 5.11 Å². The van der Waals surface area contributed by atoms with Crippen molar-refractivity contribution in [3.8, 4) is 0 Å². The van der Waals surface area contributed by atoms with E-state index in [0.29, 0.717) is 11.8 Å². The lowest BCUT2D eigenvalue weighted by Gasteiger charge is -2.09. The van der Waals surface area contributed by atoms with Crippen molar-refractivity contribution in [1.29, 1.82) is 0 Å². The molecule has 0 heterocycles. The Hall–Kier alpha value is -1.08. The van der Waals surface area contributed by atoms with Gasteiger partial charge in [-0.1, -0.05) is 36.4 Å². The van der Waals surface area contributed by atoms with Crippen LogP contribution in [0.2, 0.25) is 0 Å². The minimum absolute atomic E-state index is 0.302. The fourth-order valence-corrected chi connectivity index (χ4v) is 1.77. The van der Waals surface area contributed by atoms with E-state index in [4.69, 9.17) is 0 Å². The Morgan fingerprint density at radius 3 is 2.62 bits per heavy atom. The normalized spacial score (nSPS) is 28.1. The average Bonchev–Trinajstić information content (AvgIpc) is 2.97. The van der Waals surface area contributed by atoms with E-state index in [9.17, 15) is 5.11 Å². The van der Waals surface area contributed by atoms with E-state index < -0.39 is 0 Å². The summed E-state index contributed by atoms with van der Waals surface area (Å²) in [6, 6.07) is 9.84. The van der Waals surface area contributed by atoms with Gasteiger partial charge in [0.2, 0.25) is 0 Å². The van der Waals surface area contributed by atoms with Crippen LogP contribution < -0.4 is 0 Å². The highest BCUT2D eigenvalue weighted by Gasteiger charge is 2.40. The summed E-state index contributed by atoms with van der Waals surface area (Å²) in [6.45, 7) is 3.74. The molecule has 1 aromatic rings. The third kappa shape index (κ3) is 1.65. The quantitative estimate of drug-likeness (QED) is 0.698. The molecule has 1 saturated carbocycles. The van der Waals surface area contributed by atoms with Crippen molar-refractivity contribution in [3.05, 3.63) is 48.6 Å². The van der Waals surface area contributed by atoms with Crippen molar-refractivity contribution >= 4 is 0 Å². The predicted molar refractivity (Wildman–Crippen MR) is 53.2 cm³/mol. The van der Waals surface area contributed by atoms with Gasteiger partial charge in [0, 0.05) is 0 Å². The standard InChI is InChI=1S/C12H14O/c1-2-9-8-11(9)12(13)10-6-4-3-5-7-10/h2-7,9,11-13H,1,8H2/t9-,11+,12+/m0/s1. The minimum atomic E-state index is -0.302. The highest BCUT2D eigenvalue weighted by molar-refractivity contribution is 5.20. The lowest BCUT2D eigenvalue weighted by atomic mass is 10.0. The first kappa shape index (κ1) is 8.52. The van der Waals surface area contributed by atoms with Crippen LogP contribution in [0, 0.1) is 11.8 Å². The molecule has 68 valence electrons. The zero-order chi connectivity index (χ0) is 9.26. The lowest BCUT2D eigenvalue weighted by molar-refractivity contribution is 0.150. The third-order valence-electron chi connectivity index (χ3n) is 2.74. The van der Waals surface area contributed by atoms with Gasteiger partial charge in [-0.3, -0.25) is 0 Å². The molecule has 0 radical (unpaired) electrons. The van der Waals surface area contributed by atoms with Crippen LogP contribution in [0.4, 0.5) is 0 Å². The first-order valence-corrected chi connectivity index (χ1v) is 4.68. The molecule has 1 aromatic carbocycles. The van der Waals surface area contributed by atoms with Crippen molar-refractivity contribution in [1.82, 2.24) is 0 Å². The fraction of sp³-hybridized carbons (Fsp3) is 0.333. The lowest BCUT2D eigenvalue weighted by Crippen LogP contribution is -2.00. The van der Waals surface area contributed by atoms with Crippen LogP contribution in [0.25, 0.3) is 0 Å². The molecule has 1 aliphatic rings. The molecule has 0 bridgehead atoms. The van der Waals surface area contributed by atoms with Gasteiger partial charge in [-0.15, -0.1) is 6.58 Å². The summed E-state index contributed by atoms with van der Waals surface area (Å²) in [5.74, 6) is 0.926. The van der Waals surface area contributed by atoms with Crippen molar-refractivity contribution in [2.24, 2.45) is 11.8 Å². The maximum absolute atomic E-state index is 9.91. The topological polar surface area (TPSA) is 20.2 Å². The van der Waals surface area contributed by atoms with E-state index in [-0.39, 0.29) is 6.10 Å². The van der Waals surface area contributed by atoms with Crippen LogP contribution in [0.1, 0.15) is 18.1 Å². The largest absolute Gasteiger partial charge is 0.388 e. The molecule has 1 heteroatoms. The van der Waals surface area contributed by atoms with Crippen LogP contribution in [-0.4, -0.2) is 5.11 Å². The van der Waals surface area contributed by atoms with Gasteiger partial charge in [0.25, 0.3) is 0 Å². The molecule has 0 spiro atoms. The third-order valence-corrected chi connectivity index (χ3v) is 2.74. The Balaban J connectivity index is 2.07. The maximum Gasteiger partial charge on any atom is 0.0824 e. The van der Waals surface area contributed by atoms with Crippen LogP contribution in [-0.2, 0) is 0 Å². The van der Waals surface area contributed by atoms with Gasteiger partial charge in [-0.05, 0) is 23.8 Å². The van der Waals surface area contributed by atoms with Gasteiger partial charge in [0.15, 0.2) is 0 Å². The van der Waals surface area contributed by atoms with Gasteiger partial charge in [0.05, 0.1) is 6.10 Å². The van der Waals surface area contributed by atoms with Gasteiger partial charge in [0.1, 0.15) is 0 Å². The number of aliphatic hydroxyl groups excluding tert-OH is 1. The molecule has 1 N–H and O–H groups in total. The second-order valence-corrected chi connectivity index (χ2v) is 3.65. The number of rotatable bonds is 3. The van der Waals surface area contributed by atoms with Crippen molar-refractivity contribution in [2.45, 2.75) is 12.5 Å². The SMILES string of the molecule is C=C[C@H]1C[C@H]1[C@H](O)c1ccccc1. The summed E-state index contributed by atoms with van der Waals surface area (Å²) in [5.41, 5.74) is 1.02. The number of hydrogen-bond donors (Lipinski definition) is 1. The molecule has 2 rings (SSSR count). The highest BCUT2D eigenvalue weighted by atomic mass is 16.3.